The molecular formula is C19H12O. The van der Waals surface area contributed by atoms with Crippen LogP contribution in [0.25, 0.3) is 5.57 Å². The van der Waals surface area contributed by atoms with Gasteiger partial charge in [-0.3, -0.25) is 0 Å². The molecule has 2 aliphatic carbocycles. The Labute approximate surface area is 117 Å². The first-order chi connectivity index (χ1) is 9.88. The van der Waals surface area contributed by atoms with Crippen molar-refractivity contribution in [1.29, 1.82) is 0 Å². The maximum Gasteiger partial charge on any atom is 0.185 e. The van der Waals surface area contributed by atoms with Gasteiger partial charge in [0.25, 0.3) is 0 Å². The van der Waals surface area contributed by atoms with Gasteiger partial charge in [-0.2, -0.15) is 0 Å². The summed E-state index contributed by atoms with van der Waals surface area (Å²) < 4.78 is 6.29. The number of ether oxygens (including phenoxy) is 1. The van der Waals surface area contributed by atoms with Gasteiger partial charge in [0, 0.05) is 16.7 Å². The van der Waals surface area contributed by atoms with E-state index in [-0.39, 0.29) is 5.60 Å². The van der Waals surface area contributed by atoms with Gasteiger partial charge in [-0.15, -0.1) is 0 Å². The lowest BCUT2D eigenvalue weighted by atomic mass is 9.84. The molecule has 0 aromatic heterocycles. The van der Waals surface area contributed by atoms with Gasteiger partial charge in [-0.25, -0.2) is 0 Å². The summed E-state index contributed by atoms with van der Waals surface area (Å²) in [6, 6.07) is 19.0. The van der Waals surface area contributed by atoms with Gasteiger partial charge in [-0.05, 0) is 29.3 Å². The highest BCUT2D eigenvalue weighted by atomic mass is 16.5. The van der Waals surface area contributed by atoms with Gasteiger partial charge in [0.2, 0.25) is 0 Å². The zero-order valence-electron chi connectivity index (χ0n) is 10.8. The standard InChI is InChI=1S/C19H12O/c1-2-4-13(5-3-1)17-12-15-8-11-18(17)19(15)14-6-9-16(20-19)10-7-14/h1-12H. The van der Waals surface area contributed by atoms with E-state index in [9.17, 15) is 0 Å². The number of hydrogen-bond donors (Lipinski definition) is 0. The fourth-order valence-electron chi connectivity index (χ4n) is 3.51. The smallest absolute Gasteiger partial charge is 0.185 e. The third kappa shape index (κ3) is 1.05. The van der Waals surface area contributed by atoms with Crippen LogP contribution in [0, 0.1) is 0 Å². The summed E-state index contributed by atoms with van der Waals surface area (Å²) in [5.41, 5.74) is 5.90. The van der Waals surface area contributed by atoms with Gasteiger partial charge in [0.1, 0.15) is 5.75 Å². The topological polar surface area (TPSA) is 9.23 Å². The average molecular weight is 256 g/mol. The van der Waals surface area contributed by atoms with Crippen molar-refractivity contribution < 1.29 is 4.74 Å². The molecule has 0 saturated heterocycles. The van der Waals surface area contributed by atoms with E-state index in [1.165, 1.54) is 27.8 Å². The van der Waals surface area contributed by atoms with E-state index in [0.29, 0.717) is 0 Å². The Morgan fingerprint density at radius 1 is 0.800 bits per heavy atom. The largest absolute Gasteiger partial charge is 0.473 e. The molecule has 0 saturated carbocycles. The Morgan fingerprint density at radius 2 is 1.60 bits per heavy atom. The van der Waals surface area contributed by atoms with E-state index in [2.05, 4.69) is 60.7 Å². The molecule has 1 heteroatoms. The molecule has 0 fully saturated rings. The summed E-state index contributed by atoms with van der Waals surface area (Å²) in [6.07, 6.45) is 6.64. The predicted molar refractivity (Wildman–Crippen MR) is 79.3 cm³/mol. The maximum absolute atomic E-state index is 6.29. The molecule has 1 unspecified atom stereocenters. The van der Waals surface area contributed by atoms with Crippen LogP contribution in [0.4, 0.5) is 0 Å². The summed E-state index contributed by atoms with van der Waals surface area (Å²) in [6.45, 7) is 0. The van der Waals surface area contributed by atoms with Crippen molar-refractivity contribution in [2.75, 3.05) is 0 Å². The summed E-state index contributed by atoms with van der Waals surface area (Å²) in [4.78, 5) is 0. The molecule has 2 aromatic carbocycles. The minimum atomic E-state index is -0.371. The monoisotopic (exact) mass is 256 g/mol. The minimum Gasteiger partial charge on any atom is -0.473 e. The SMILES string of the molecule is C1=CC2=C(c3ccccc3)C=C1C21Oc2ccc1cc2. The van der Waals surface area contributed by atoms with Crippen LogP contribution in [0.15, 0.2) is 84.0 Å². The van der Waals surface area contributed by atoms with E-state index < -0.39 is 0 Å². The molecule has 2 aromatic rings. The lowest BCUT2D eigenvalue weighted by Crippen LogP contribution is -2.35. The summed E-state index contributed by atoms with van der Waals surface area (Å²) in [7, 11) is 0. The van der Waals surface area contributed by atoms with Crippen molar-refractivity contribution in [3.05, 3.63) is 95.1 Å². The lowest BCUT2D eigenvalue weighted by Gasteiger charge is -2.36. The second-order valence-electron chi connectivity index (χ2n) is 5.43. The quantitative estimate of drug-likeness (QED) is 0.741. The maximum atomic E-state index is 6.29. The number of benzene rings is 2. The van der Waals surface area contributed by atoms with Gasteiger partial charge in [0.15, 0.2) is 5.60 Å². The number of allylic oxidation sites excluding steroid dienone is 2. The Hall–Kier alpha value is -2.54. The van der Waals surface area contributed by atoms with Crippen LogP contribution < -0.4 is 4.74 Å². The number of hydrogen-bond acceptors (Lipinski definition) is 1. The Bertz CT molecular complexity index is 807. The minimum absolute atomic E-state index is 0.371. The molecule has 6 rings (SSSR count). The molecule has 2 heterocycles. The fourth-order valence-corrected chi connectivity index (χ4v) is 3.51. The van der Waals surface area contributed by atoms with Crippen LogP contribution in [0.3, 0.4) is 0 Å². The van der Waals surface area contributed by atoms with E-state index in [0.717, 1.165) is 5.75 Å². The van der Waals surface area contributed by atoms with Crippen LogP contribution in [0.5, 0.6) is 5.75 Å². The third-order valence-electron chi connectivity index (χ3n) is 4.42. The van der Waals surface area contributed by atoms with Crippen molar-refractivity contribution in [2.24, 2.45) is 0 Å². The second kappa shape index (κ2) is 3.31. The normalized spacial score (nSPS) is 24.5. The van der Waals surface area contributed by atoms with Crippen LogP contribution in [-0.4, -0.2) is 0 Å². The first-order valence-electron chi connectivity index (χ1n) is 6.88. The molecule has 4 bridgehead atoms. The molecule has 1 atom stereocenters. The van der Waals surface area contributed by atoms with Crippen LogP contribution in [0.1, 0.15) is 11.1 Å². The lowest BCUT2D eigenvalue weighted by molar-refractivity contribution is 0.152. The highest BCUT2D eigenvalue weighted by molar-refractivity contribution is 5.90. The second-order valence-corrected chi connectivity index (χ2v) is 5.43. The molecule has 0 radical (unpaired) electrons. The molecule has 1 spiro atoms. The molecule has 4 aliphatic rings. The number of rotatable bonds is 1. The van der Waals surface area contributed by atoms with Gasteiger partial charge in [-0.1, -0.05) is 54.6 Å². The van der Waals surface area contributed by atoms with Crippen molar-refractivity contribution in [3.63, 3.8) is 0 Å². The summed E-state index contributed by atoms with van der Waals surface area (Å²) in [5, 5.41) is 0. The summed E-state index contributed by atoms with van der Waals surface area (Å²) in [5.74, 6) is 0.946. The van der Waals surface area contributed by atoms with Crippen LogP contribution >= 0.6 is 0 Å². The van der Waals surface area contributed by atoms with Gasteiger partial charge >= 0.3 is 0 Å². The van der Waals surface area contributed by atoms with Crippen molar-refractivity contribution >= 4 is 5.57 Å². The zero-order chi connectivity index (χ0) is 13.2. The van der Waals surface area contributed by atoms with Gasteiger partial charge < -0.3 is 4.74 Å². The van der Waals surface area contributed by atoms with E-state index in [1.807, 2.05) is 12.1 Å². The van der Waals surface area contributed by atoms with Crippen LogP contribution in [-0.2, 0) is 5.60 Å². The van der Waals surface area contributed by atoms with E-state index in [1.54, 1.807) is 0 Å². The number of fused-ring (bicyclic) bond motifs is 2. The third-order valence-corrected chi connectivity index (χ3v) is 4.42. The Morgan fingerprint density at radius 3 is 2.30 bits per heavy atom. The average Bonchev–Trinajstić information content (AvgIpc) is 3.01. The molecule has 1 nitrogen and oxygen atoms in total. The molecule has 2 aliphatic heterocycles. The fraction of sp³-hybridized carbons (Fsp3) is 0.0526. The van der Waals surface area contributed by atoms with Crippen molar-refractivity contribution in [1.82, 2.24) is 0 Å². The van der Waals surface area contributed by atoms with Gasteiger partial charge in [0.05, 0.1) is 0 Å². The van der Waals surface area contributed by atoms with E-state index >= 15 is 0 Å². The Balaban J connectivity index is 1.78. The molecular weight excluding hydrogens is 244 g/mol. The van der Waals surface area contributed by atoms with Crippen molar-refractivity contribution in [3.8, 4) is 5.75 Å². The first kappa shape index (κ1) is 10.3. The van der Waals surface area contributed by atoms with Crippen molar-refractivity contribution in [2.45, 2.75) is 5.60 Å². The van der Waals surface area contributed by atoms with E-state index in [4.69, 9.17) is 4.74 Å². The predicted octanol–water partition coefficient (Wildman–Crippen LogP) is 4.24. The highest BCUT2D eigenvalue weighted by Gasteiger charge is 2.50. The first-order valence-corrected chi connectivity index (χ1v) is 6.88. The molecule has 20 heavy (non-hydrogen) atoms. The summed E-state index contributed by atoms with van der Waals surface area (Å²) >= 11 is 0. The molecule has 0 amide bonds. The Kier molecular flexibility index (Phi) is 1.70. The zero-order valence-corrected chi connectivity index (χ0v) is 10.8. The highest BCUT2D eigenvalue weighted by Crippen LogP contribution is 2.56. The van der Waals surface area contributed by atoms with Crippen LogP contribution in [0.2, 0.25) is 0 Å². The molecule has 94 valence electrons. The molecule has 0 N–H and O–H groups in total.